The smallest absolute Gasteiger partial charge is 0.328 e. The molecule has 1 N–H and O–H groups in total. The second-order valence-electron chi connectivity index (χ2n) is 4.43. The van der Waals surface area contributed by atoms with Gasteiger partial charge >= 0.3 is 5.97 Å². The van der Waals surface area contributed by atoms with E-state index in [4.69, 9.17) is 9.84 Å². The van der Waals surface area contributed by atoms with Gasteiger partial charge in [0.05, 0.1) is 0 Å². The van der Waals surface area contributed by atoms with E-state index in [1.807, 2.05) is 4.68 Å². The molecule has 0 atom stereocenters. The molecule has 21 heavy (non-hydrogen) atoms. The molecule has 0 saturated heterocycles. The van der Waals surface area contributed by atoms with Crippen LogP contribution in [0.15, 0.2) is 36.7 Å². The summed E-state index contributed by atoms with van der Waals surface area (Å²) in [5.74, 6) is 0.519. The van der Waals surface area contributed by atoms with Crippen molar-refractivity contribution in [3.8, 4) is 5.75 Å². The zero-order valence-electron chi connectivity index (χ0n) is 11.8. The normalized spacial score (nSPS) is 10.9. The van der Waals surface area contributed by atoms with Gasteiger partial charge in [-0.05, 0) is 30.2 Å². The Morgan fingerprint density at radius 2 is 2.14 bits per heavy atom. The molecule has 0 radical (unpaired) electrons. The van der Waals surface area contributed by atoms with Crippen LogP contribution in [0.2, 0.25) is 0 Å². The Morgan fingerprint density at radius 1 is 1.38 bits per heavy atom. The van der Waals surface area contributed by atoms with E-state index >= 15 is 0 Å². The average Bonchev–Trinajstić information content (AvgIpc) is 2.92. The number of rotatable bonds is 7. The summed E-state index contributed by atoms with van der Waals surface area (Å²) in [5.41, 5.74) is 0.805. The van der Waals surface area contributed by atoms with E-state index in [2.05, 4.69) is 17.0 Å². The fourth-order valence-electron chi connectivity index (χ4n) is 1.79. The monoisotopic (exact) mass is 287 g/mol. The Morgan fingerprint density at radius 3 is 2.81 bits per heavy atom. The Labute approximate surface area is 122 Å². The van der Waals surface area contributed by atoms with E-state index in [-0.39, 0.29) is 0 Å². The van der Waals surface area contributed by atoms with Crippen molar-refractivity contribution in [3.05, 3.63) is 48.1 Å². The predicted octanol–water partition coefficient (Wildman–Crippen LogP) is 2.36. The van der Waals surface area contributed by atoms with Crippen LogP contribution in [-0.4, -0.2) is 25.8 Å². The topological polar surface area (TPSA) is 77.2 Å². The molecule has 0 bridgehead atoms. The number of aliphatic carboxylic acids is 1. The maximum absolute atomic E-state index is 10.4. The third-order valence-electron chi connectivity index (χ3n) is 2.80. The molecule has 0 fully saturated rings. The number of aryl methyl sites for hydroxylation is 1. The molecule has 1 aromatic carbocycles. The molecule has 0 aliphatic carbocycles. The number of carboxylic acids is 1. The summed E-state index contributed by atoms with van der Waals surface area (Å²) in [4.78, 5) is 14.6. The van der Waals surface area contributed by atoms with E-state index < -0.39 is 5.97 Å². The molecule has 0 aliphatic heterocycles. The first kappa shape index (κ1) is 14.8. The van der Waals surface area contributed by atoms with Crippen LogP contribution in [0.1, 0.15) is 24.7 Å². The van der Waals surface area contributed by atoms with Crippen LogP contribution in [0.4, 0.5) is 0 Å². The minimum atomic E-state index is -0.967. The number of aromatic nitrogens is 3. The van der Waals surface area contributed by atoms with E-state index in [0.717, 1.165) is 30.4 Å². The van der Waals surface area contributed by atoms with Crippen molar-refractivity contribution in [2.75, 3.05) is 0 Å². The number of carboxylic acid groups (broad SMARTS) is 1. The van der Waals surface area contributed by atoms with E-state index in [1.165, 1.54) is 12.4 Å². The van der Waals surface area contributed by atoms with Gasteiger partial charge in [-0.3, -0.25) is 0 Å². The first-order valence-electron chi connectivity index (χ1n) is 6.69. The summed E-state index contributed by atoms with van der Waals surface area (Å²) in [6.45, 7) is 3.25. The minimum absolute atomic E-state index is 0.351. The lowest BCUT2D eigenvalue weighted by Crippen LogP contribution is -2.08. The average molecular weight is 287 g/mol. The van der Waals surface area contributed by atoms with Crippen LogP contribution >= 0.6 is 0 Å². The molecule has 1 aromatic heterocycles. The van der Waals surface area contributed by atoms with Crippen molar-refractivity contribution in [1.82, 2.24) is 14.8 Å². The number of hydrogen-bond acceptors (Lipinski definition) is 4. The van der Waals surface area contributed by atoms with Crippen molar-refractivity contribution in [3.63, 3.8) is 0 Å². The van der Waals surface area contributed by atoms with Gasteiger partial charge in [0.15, 0.2) is 5.82 Å². The molecule has 0 saturated carbocycles. The predicted molar refractivity (Wildman–Crippen MR) is 77.8 cm³/mol. The molecule has 2 rings (SSSR count). The lowest BCUT2D eigenvalue weighted by molar-refractivity contribution is -0.131. The number of nitrogens with zero attached hydrogens (tertiary/aromatic N) is 3. The first-order valence-corrected chi connectivity index (χ1v) is 6.69. The van der Waals surface area contributed by atoms with Crippen LogP contribution in [0.3, 0.4) is 0 Å². The maximum atomic E-state index is 10.4. The quantitative estimate of drug-likeness (QED) is 0.791. The molecule has 6 nitrogen and oxygen atoms in total. The highest BCUT2D eigenvalue weighted by Crippen LogP contribution is 2.14. The summed E-state index contributed by atoms with van der Waals surface area (Å²) >= 11 is 0. The Balaban J connectivity index is 1.94. The van der Waals surface area contributed by atoms with E-state index in [1.54, 1.807) is 24.3 Å². The van der Waals surface area contributed by atoms with Crippen molar-refractivity contribution in [2.45, 2.75) is 26.5 Å². The Bertz CT molecular complexity index is 617. The van der Waals surface area contributed by atoms with Gasteiger partial charge in [0.25, 0.3) is 0 Å². The van der Waals surface area contributed by atoms with Gasteiger partial charge in [0.2, 0.25) is 0 Å². The first-order chi connectivity index (χ1) is 10.2. The summed E-state index contributed by atoms with van der Waals surface area (Å²) in [6, 6.07) is 7.18. The van der Waals surface area contributed by atoms with Gasteiger partial charge in [-0.2, -0.15) is 5.10 Å². The van der Waals surface area contributed by atoms with Gasteiger partial charge in [0, 0.05) is 12.6 Å². The van der Waals surface area contributed by atoms with E-state index in [0.29, 0.717) is 12.4 Å². The molecule has 0 aliphatic rings. The summed E-state index contributed by atoms with van der Waals surface area (Å²) in [7, 11) is 0. The van der Waals surface area contributed by atoms with Gasteiger partial charge < -0.3 is 9.84 Å². The number of benzene rings is 1. The fraction of sp³-hybridized carbons (Fsp3) is 0.267. The lowest BCUT2D eigenvalue weighted by Gasteiger charge is -2.07. The second kappa shape index (κ2) is 7.23. The third kappa shape index (κ3) is 4.45. The highest BCUT2D eigenvalue weighted by molar-refractivity contribution is 5.85. The molecule has 6 heteroatoms. The standard InChI is InChI=1S/C15H17N3O3/c1-2-9-18-14(16-11-17-18)10-21-13-6-3-12(4-7-13)5-8-15(19)20/h3-8,11H,2,9-10H2,1H3,(H,19,20). The molecule has 0 unspecified atom stereocenters. The second-order valence-corrected chi connectivity index (χ2v) is 4.43. The Hall–Kier alpha value is -2.63. The third-order valence-corrected chi connectivity index (χ3v) is 2.80. The Kier molecular flexibility index (Phi) is 5.09. The highest BCUT2D eigenvalue weighted by atomic mass is 16.5. The van der Waals surface area contributed by atoms with Crippen LogP contribution in [0.25, 0.3) is 6.08 Å². The summed E-state index contributed by atoms with van der Waals surface area (Å²) in [6.07, 6.45) is 5.14. The van der Waals surface area contributed by atoms with Gasteiger partial charge in [0.1, 0.15) is 18.7 Å². The maximum Gasteiger partial charge on any atom is 0.328 e. The van der Waals surface area contributed by atoms with Crippen LogP contribution in [0, 0.1) is 0 Å². The van der Waals surface area contributed by atoms with Gasteiger partial charge in [-0.1, -0.05) is 19.1 Å². The van der Waals surface area contributed by atoms with Crippen molar-refractivity contribution >= 4 is 12.0 Å². The van der Waals surface area contributed by atoms with Crippen molar-refractivity contribution in [1.29, 1.82) is 0 Å². The molecular weight excluding hydrogens is 270 g/mol. The number of hydrogen-bond donors (Lipinski definition) is 1. The fourth-order valence-corrected chi connectivity index (χ4v) is 1.79. The lowest BCUT2D eigenvalue weighted by atomic mass is 10.2. The van der Waals surface area contributed by atoms with Crippen LogP contribution in [-0.2, 0) is 17.9 Å². The minimum Gasteiger partial charge on any atom is -0.486 e. The number of carbonyl (C=O) groups is 1. The summed E-state index contributed by atoms with van der Waals surface area (Å²) < 4.78 is 7.48. The number of ether oxygens (including phenoxy) is 1. The molecule has 2 aromatic rings. The van der Waals surface area contributed by atoms with Crippen molar-refractivity contribution < 1.29 is 14.6 Å². The van der Waals surface area contributed by atoms with E-state index in [9.17, 15) is 4.79 Å². The van der Waals surface area contributed by atoms with Gasteiger partial charge in [-0.15, -0.1) is 0 Å². The van der Waals surface area contributed by atoms with Gasteiger partial charge in [-0.25, -0.2) is 14.5 Å². The zero-order valence-corrected chi connectivity index (χ0v) is 11.8. The highest BCUT2D eigenvalue weighted by Gasteiger charge is 2.04. The SMILES string of the molecule is CCCn1ncnc1COc1ccc(C=CC(=O)O)cc1. The largest absolute Gasteiger partial charge is 0.486 e. The zero-order chi connectivity index (χ0) is 15.1. The molecule has 0 spiro atoms. The summed E-state index contributed by atoms with van der Waals surface area (Å²) in [5, 5.41) is 12.7. The molecular formula is C15H17N3O3. The van der Waals surface area contributed by atoms with Crippen molar-refractivity contribution in [2.24, 2.45) is 0 Å². The molecule has 1 heterocycles. The van der Waals surface area contributed by atoms with Crippen LogP contribution < -0.4 is 4.74 Å². The van der Waals surface area contributed by atoms with Crippen LogP contribution in [0.5, 0.6) is 5.75 Å². The molecule has 110 valence electrons. The molecule has 0 amide bonds.